The first-order valence-electron chi connectivity index (χ1n) is 6.99. The fourth-order valence-electron chi connectivity index (χ4n) is 2.13. The van der Waals surface area contributed by atoms with Crippen LogP contribution in [0.4, 0.5) is 5.82 Å². The van der Waals surface area contributed by atoms with Gasteiger partial charge < -0.3 is 11.1 Å². The summed E-state index contributed by atoms with van der Waals surface area (Å²) in [4.78, 5) is 15.3. The predicted octanol–water partition coefficient (Wildman–Crippen LogP) is 1.80. The van der Waals surface area contributed by atoms with Gasteiger partial charge in [0.1, 0.15) is 5.82 Å². The van der Waals surface area contributed by atoms with Crippen LogP contribution in [-0.2, 0) is 6.54 Å². The highest BCUT2D eigenvalue weighted by Gasteiger charge is 2.06. The van der Waals surface area contributed by atoms with Gasteiger partial charge in [0.25, 0.3) is 0 Å². The molecule has 0 saturated heterocycles. The van der Waals surface area contributed by atoms with E-state index in [1.165, 1.54) is 11.3 Å². The van der Waals surface area contributed by atoms with Crippen LogP contribution in [0.1, 0.15) is 33.7 Å². The first kappa shape index (κ1) is 15.0. The standard InChI is InChI=1S/C15H21N5O/c1-10-11(2)19-20(12(10)3)8-4-6-17-14-9-13(15(16)21)5-7-18-14/h5,7,9H,4,6,8H2,1-3H3,(H2,16,21)(H,17,18). The van der Waals surface area contributed by atoms with Gasteiger partial charge in [-0.3, -0.25) is 9.48 Å². The summed E-state index contributed by atoms with van der Waals surface area (Å²) in [6.45, 7) is 7.80. The summed E-state index contributed by atoms with van der Waals surface area (Å²) in [7, 11) is 0. The van der Waals surface area contributed by atoms with Crippen molar-refractivity contribution in [2.45, 2.75) is 33.7 Å². The summed E-state index contributed by atoms with van der Waals surface area (Å²) in [6.07, 6.45) is 2.50. The molecule has 2 heterocycles. The van der Waals surface area contributed by atoms with Crippen LogP contribution in [0.2, 0.25) is 0 Å². The van der Waals surface area contributed by atoms with Crippen LogP contribution in [0.25, 0.3) is 0 Å². The van der Waals surface area contributed by atoms with Gasteiger partial charge in [-0.15, -0.1) is 0 Å². The van der Waals surface area contributed by atoms with Gasteiger partial charge in [0.05, 0.1) is 5.69 Å². The second-order valence-electron chi connectivity index (χ2n) is 5.09. The number of nitrogens with zero attached hydrogens (tertiary/aromatic N) is 3. The Morgan fingerprint density at radius 2 is 2.14 bits per heavy atom. The number of rotatable bonds is 6. The van der Waals surface area contributed by atoms with E-state index in [1.54, 1.807) is 18.3 Å². The van der Waals surface area contributed by atoms with Crippen LogP contribution >= 0.6 is 0 Å². The third-order valence-corrected chi connectivity index (χ3v) is 3.64. The van der Waals surface area contributed by atoms with E-state index in [4.69, 9.17) is 5.73 Å². The van der Waals surface area contributed by atoms with Crippen molar-refractivity contribution < 1.29 is 4.79 Å². The lowest BCUT2D eigenvalue weighted by molar-refractivity contribution is 0.1000. The molecule has 21 heavy (non-hydrogen) atoms. The third-order valence-electron chi connectivity index (χ3n) is 3.64. The van der Waals surface area contributed by atoms with Gasteiger partial charge in [-0.25, -0.2) is 4.98 Å². The van der Waals surface area contributed by atoms with E-state index < -0.39 is 5.91 Å². The van der Waals surface area contributed by atoms with Crippen molar-refractivity contribution in [3.05, 3.63) is 40.8 Å². The summed E-state index contributed by atoms with van der Waals surface area (Å²) in [5.74, 6) is 0.217. The third kappa shape index (κ3) is 3.59. The molecule has 0 spiro atoms. The zero-order valence-electron chi connectivity index (χ0n) is 12.7. The Morgan fingerprint density at radius 3 is 2.76 bits per heavy atom. The smallest absolute Gasteiger partial charge is 0.248 e. The van der Waals surface area contributed by atoms with Crippen molar-refractivity contribution in [1.29, 1.82) is 0 Å². The first-order chi connectivity index (χ1) is 9.99. The van der Waals surface area contributed by atoms with Crippen molar-refractivity contribution in [2.24, 2.45) is 5.73 Å². The fraction of sp³-hybridized carbons (Fsp3) is 0.400. The Morgan fingerprint density at radius 1 is 1.38 bits per heavy atom. The average Bonchev–Trinajstić information content (AvgIpc) is 2.71. The maximum Gasteiger partial charge on any atom is 0.248 e. The molecule has 2 aromatic rings. The van der Waals surface area contributed by atoms with Gasteiger partial charge in [-0.1, -0.05) is 0 Å². The van der Waals surface area contributed by atoms with Crippen molar-refractivity contribution in [3.8, 4) is 0 Å². The van der Waals surface area contributed by atoms with E-state index in [-0.39, 0.29) is 0 Å². The number of primary amides is 1. The molecule has 112 valence electrons. The second-order valence-corrected chi connectivity index (χ2v) is 5.09. The quantitative estimate of drug-likeness (QED) is 0.793. The minimum atomic E-state index is -0.446. The monoisotopic (exact) mass is 287 g/mol. The topological polar surface area (TPSA) is 85.8 Å². The lowest BCUT2D eigenvalue weighted by atomic mass is 10.2. The van der Waals surface area contributed by atoms with Crippen molar-refractivity contribution in [3.63, 3.8) is 0 Å². The highest BCUT2D eigenvalue weighted by Crippen LogP contribution is 2.11. The molecule has 0 aliphatic carbocycles. The molecule has 0 radical (unpaired) electrons. The summed E-state index contributed by atoms with van der Waals surface area (Å²) >= 11 is 0. The Bertz CT molecular complexity index is 648. The number of nitrogens with two attached hydrogens (primary N) is 1. The Kier molecular flexibility index (Phi) is 4.57. The molecule has 1 amide bonds. The van der Waals surface area contributed by atoms with Crippen LogP contribution in [0.3, 0.4) is 0 Å². The Hall–Kier alpha value is -2.37. The first-order valence-corrected chi connectivity index (χ1v) is 6.99. The highest BCUT2D eigenvalue weighted by atomic mass is 16.1. The molecule has 0 atom stereocenters. The number of carbonyl (C=O) groups is 1. The van der Waals surface area contributed by atoms with Gasteiger partial charge in [0.2, 0.25) is 5.91 Å². The molecular weight excluding hydrogens is 266 g/mol. The zero-order valence-corrected chi connectivity index (χ0v) is 12.7. The van der Waals surface area contributed by atoms with Gasteiger partial charge in [0, 0.05) is 30.5 Å². The molecule has 0 saturated carbocycles. The molecule has 0 aliphatic rings. The number of aromatic nitrogens is 3. The molecule has 3 N–H and O–H groups in total. The SMILES string of the molecule is Cc1nn(CCCNc2cc(C(N)=O)ccn2)c(C)c1C. The Labute approximate surface area is 124 Å². The fourth-order valence-corrected chi connectivity index (χ4v) is 2.13. The molecule has 0 fully saturated rings. The largest absolute Gasteiger partial charge is 0.370 e. The lowest BCUT2D eigenvalue weighted by Gasteiger charge is -2.07. The molecular formula is C15H21N5O. The molecule has 6 heteroatoms. The van der Waals surface area contributed by atoms with E-state index in [2.05, 4.69) is 29.2 Å². The van der Waals surface area contributed by atoms with Crippen LogP contribution < -0.4 is 11.1 Å². The van der Waals surface area contributed by atoms with Crippen LogP contribution in [0.15, 0.2) is 18.3 Å². The molecule has 2 aromatic heterocycles. The second kappa shape index (κ2) is 6.39. The van der Waals surface area contributed by atoms with E-state index in [0.29, 0.717) is 11.4 Å². The van der Waals surface area contributed by atoms with Crippen molar-refractivity contribution in [2.75, 3.05) is 11.9 Å². The van der Waals surface area contributed by atoms with Gasteiger partial charge in [-0.05, 0) is 44.9 Å². The normalized spacial score (nSPS) is 10.6. The number of aryl methyl sites for hydroxylation is 2. The molecule has 0 bridgehead atoms. The number of anilines is 1. The number of pyridine rings is 1. The maximum absolute atomic E-state index is 11.1. The van der Waals surface area contributed by atoms with Crippen LogP contribution in [0.5, 0.6) is 0 Å². The molecule has 0 aromatic carbocycles. The van der Waals surface area contributed by atoms with E-state index in [1.807, 2.05) is 11.6 Å². The summed E-state index contributed by atoms with van der Waals surface area (Å²) in [6, 6.07) is 3.27. The number of hydrogen-bond acceptors (Lipinski definition) is 4. The molecule has 0 unspecified atom stereocenters. The maximum atomic E-state index is 11.1. The molecule has 2 rings (SSSR count). The number of nitrogens with one attached hydrogen (secondary N) is 1. The molecule has 0 aliphatic heterocycles. The predicted molar refractivity (Wildman–Crippen MR) is 82.3 cm³/mol. The lowest BCUT2D eigenvalue weighted by Crippen LogP contribution is -2.13. The van der Waals surface area contributed by atoms with Gasteiger partial charge >= 0.3 is 0 Å². The average molecular weight is 287 g/mol. The Balaban J connectivity index is 1.86. The zero-order chi connectivity index (χ0) is 15.4. The van der Waals surface area contributed by atoms with Crippen molar-refractivity contribution in [1.82, 2.24) is 14.8 Å². The van der Waals surface area contributed by atoms with Crippen LogP contribution in [-0.4, -0.2) is 27.2 Å². The number of amides is 1. The summed E-state index contributed by atoms with van der Waals surface area (Å²) in [5.41, 5.74) is 9.24. The van der Waals surface area contributed by atoms with E-state index in [0.717, 1.165) is 25.2 Å². The summed E-state index contributed by atoms with van der Waals surface area (Å²) < 4.78 is 2.03. The van der Waals surface area contributed by atoms with Gasteiger partial charge in [-0.2, -0.15) is 5.10 Å². The van der Waals surface area contributed by atoms with E-state index >= 15 is 0 Å². The molecule has 6 nitrogen and oxygen atoms in total. The van der Waals surface area contributed by atoms with Crippen molar-refractivity contribution >= 4 is 11.7 Å². The summed E-state index contributed by atoms with van der Waals surface area (Å²) in [5, 5.41) is 7.69. The van der Waals surface area contributed by atoms with E-state index in [9.17, 15) is 4.79 Å². The minimum absolute atomic E-state index is 0.446. The van der Waals surface area contributed by atoms with Crippen LogP contribution in [0, 0.1) is 20.8 Å². The minimum Gasteiger partial charge on any atom is -0.370 e. The number of carbonyl (C=O) groups excluding carboxylic acids is 1. The van der Waals surface area contributed by atoms with Gasteiger partial charge in [0.15, 0.2) is 0 Å². The highest BCUT2D eigenvalue weighted by molar-refractivity contribution is 5.93. The number of hydrogen-bond donors (Lipinski definition) is 2.